The van der Waals surface area contributed by atoms with Crippen LogP contribution >= 0.6 is 0 Å². The quantitative estimate of drug-likeness (QED) is 0.909. The third kappa shape index (κ3) is 3.88. The number of likely N-dealkylation sites (N-methyl/N-ethyl adjacent to an activating group) is 1. The number of amides is 2. The number of nitrogens with one attached hydrogen (secondary N) is 1. The third-order valence-corrected chi connectivity index (χ3v) is 4.29. The van der Waals surface area contributed by atoms with Crippen molar-refractivity contribution in [1.29, 1.82) is 0 Å². The van der Waals surface area contributed by atoms with E-state index in [1.165, 1.54) is 35.2 Å². The largest absolute Gasteiger partial charge is 0.356 e. The highest BCUT2D eigenvalue weighted by Crippen LogP contribution is 2.29. The summed E-state index contributed by atoms with van der Waals surface area (Å²) in [6.07, 6.45) is -0.993. The average Bonchev–Trinajstić information content (AvgIpc) is 2.62. The predicted molar refractivity (Wildman–Crippen MR) is 89.9 cm³/mol. The molecule has 2 amide bonds. The van der Waals surface area contributed by atoms with Crippen molar-refractivity contribution in [2.24, 2.45) is 0 Å². The van der Waals surface area contributed by atoms with E-state index in [-0.39, 0.29) is 19.1 Å². The maximum atomic E-state index is 13.6. The van der Waals surface area contributed by atoms with Crippen molar-refractivity contribution >= 4 is 11.8 Å². The summed E-state index contributed by atoms with van der Waals surface area (Å²) < 4.78 is 32.3. The Labute approximate surface area is 149 Å². The Kier molecular flexibility index (Phi) is 5.27. The monoisotopic (exact) mass is 360 g/mol. The van der Waals surface area contributed by atoms with Gasteiger partial charge in [0.05, 0.1) is 6.04 Å². The summed E-state index contributed by atoms with van der Waals surface area (Å²) in [5.41, 5.74) is 1.06. The first-order valence-electron chi connectivity index (χ1n) is 8.10. The zero-order chi connectivity index (χ0) is 18.7. The Morgan fingerprint density at radius 1 is 1.19 bits per heavy atom. The predicted octanol–water partition coefficient (Wildman–Crippen LogP) is 2.18. The van der Waals surface area contributed by atoms with E-state index in [0.717, 1.165) is 0 Å². The topological polar surface area (TPSA) is 58.6 Å². The highest BCUT2D eigenvalue weighted by molar-refractivity contribution is 5.86. The number of morpholine rings is 1. The lowest BCUT2D eigenvalue weighted by molar-refractivity contribution is -0.162. The Morgan fingerprint density at radius 3 is 2.58 bits per heavy atom. The first kappa shape index (κ1) is 18.0. The Morgan fingerprint density at radius 2 is 1.88 bits per heavy atom. The molecule has 7 heteroatoms. The number of carbonyl (C=O) groups excluding carboxylic acids is 2. The maximum absolute atomic E-state index is 13.6. The van der Waals surface area contributed by atoms with Crippen LogP contribution in [0.25, 0.3) is 0 Å². The summed E-state index contributed by atoms with van der Waals surface area (Å²) in [7, 11) is 1.55. The summed E-state index contributed by atoms with van der Waals surface area (Å²) >= 11 is 0. The number of rotatable bonds is 4. The highest BCUT2D eigenvalue weighted by Gasteiger charge is 2.40. The molecule has 26 heavy (non-hydrogen) atoms. The molecule has 0 bridgehead atoms. The van der Waals surface area contributed by atoms with Crippen LogP contribution in [-0.2, 0) is 20.9 Å². The van der Waals surface area contributed by atoms with Gasteiger partial charge in [-0.05, 0) is 35.4 Å². The summed E-state index contributed by atoms with van der Waals surface area (Å²) in [4.78, 5) is 26.0. The van der Waals surface area contributed by atoms with E-state index in [1.807, 2.05) is 0 Å². The summed E-state index contributed by atoms with van der Waals surface area (Å²) in [5.74, 6) is -1.61. The second-order valence-electron chi connectivity index (χ2n) is 6.08. The zero-order valence-electron chi connectivity index (χ0n) is 14.1. The summed E-state index contributed by atoms with van der Waals surface area (Å²) in [6, 6.07) is 10.8. The minimum absolute atomic E-state index is 0.115. The van der Waals surface area contributed by atoms with Gasteiger partial charge in [-0.2, -0.15) is 0 Å². The molecule has 0 saturated carbocycles. The van der Waals surface area contributed by atoms with Gasteiger partial charge in [-0.1, -0.05) is 24.3 Å². The van der Waals surface area contributed by atoms with Crippen molar-refractivity contribution < 1.29 is 23.1 Å². The maximum Gasteiger partial charge on any atom is 0.251 e. The Hall–Kier alpha value is -2.80. The molecule has 0 spiro atoms. The third-order valence-electron chi connectivity index (χ3n) is 4.29. The second kappa shape index (κ2) is 7.61. The first-order valence-corrected chi connectivity index (χ1v) is 8.10. The van der Waals surface area contributed by atoms with Gasteiger partial charge in [0.1, 0.15) is 18.2 Å². The van der Waals surface area contributed by atoms with Crippen LogP contribution in [-0.4, -0.2) is 36.5 Å². The van der Waals surface area contributed by atoms with Crippen LogP contribution in [0.2, 0.25) is 0 Å². The molecule has 2 unspecified atom stereocenters. The van der Waals surface area contributed by atoms with Gasteiger partial charge in [0.2, 0.25) is 5.91 Å². The van der Waals surface area contributed by atoms with Crippen LogP contribution in [0.3, 0.4) is 0 Å². The van der Waals surface area contributed by atoms with Gasteiger partial charge in [-0.15, -0.1) is 0 Å². The van der Waals surface area contributed by atoms with E-state index in [9.17, 15) is 18.4 Å². The molecule has 1 aliphatic rings. The molecular formula is C19H18F2N2O3. The molecule has 2 aromatic rings. The molecule has 1 N–H and O–H groups in total. The molecule has 1 fully saturated rings. The fourth-order valence-electron chi connectivity index (χ4n) is 2.96. The molecule has 1 saturated heterocycles. The molecule has 136 valence electrons. The lowest BCUT2D eigenvalue weighted by atomic mass is 9.97. The van der Waals surface area contributed by atoms with Crippen LogP contribution in [0, 0.1) is 11.6 Å². The van der Waals surface area contributed by atoms with Crippen LogP contribution in [0.4, 0.5) is 8.78 Å². The lowest BCUT2D eigenvalue weighted by Crippen LogP contribution is -2.52. The van der Waals surface area contributed by atoms with E-state index in [2.05, 4.69) is 5.32 Å². The van der Waals surface area contributed by atoms with Gasteiger partial charge in [-0.3, -0.25) is 9.59 Å². The highest BCUT2D eigenvalue weighted by atomic mass is 19.1. The minimum atomic E-state index is -0.993. The number of nitrogens with zero attached hydrogens (tertiary/aromatic N) is 1. The summed E-state index contributed by atoms with van der Waals surface area (Å²) in [6.45, 7) is -0.121. The van der Waals surface area contributed by atoms with E-state index in [4.69, 9.17) is 4.74 Å². The first-order chi connectivity index (χ1) is 12.5. The molecule has 1 aliphatic heterocycles. The van der Waals surface area contributed by atoms with Gasteiger partial charge in [-0.25, -0.2) is 8.78 Å². The molecule has 0 aliphatic carbocycles. The van der Waals surface area contributed by atoms with Gasteiger partial charge in [0.25, 0.3) is 5.91 Å². The smallest absolute Gasteiger partial charge is 0.251 e. The van der Waals surface area contributed by atoms with Gasteiger partial charge < -0.3 is 15.0 Å². The lowest BCUT2D eigenvalue weighted by Gasteiger charge is -2.38. The normalized spacial score (nSPS) is 20.1. The van der Waals surface area contributed by atoms with Crippen LogP contribution < -0.4 is 5.32 Å². The molecule has 1 heterocycles. The number of hydrogen-bond donors (Lipinski definition) is 1. The van der Waals surface area contributed by atoms with Crippen molar-refractivity contribution in [2.75, 3.05) is 13.7 Å². The number of halogens is 2. The Bertz CT molecular complexity index is 828. The van der Waals surface area contributed by atoms with Crippen molar-refractivity contribution in [1.82, 2.24) is 10.2 Å². The van der Waals surface area contributed by atoms with E-state index in [1.54, 1.807) is 25.2 Å². The molecule has 2 aromatic carbocycles. The van der Waals surface area contributed by atoms with Crippen LogP contribution in [0.1, 0.15) is 17.2 Å². The second-order valence-corrected chi connectivity index (χ2v) is 6.08. The minimum Gasteiger partial charge on any atom is -0.356 e. The van der Waals surface area contributed by atoms with Crippen molar-refractivity contribution in [2.45, 2.75) is 18.7 Å². The zero-order valence-corrected chi connectivity index (χ0v) is 14.1. The summed E-state index contributed by atoms with van der Waals surface area (Å²) in [5, 5.41) is 2.68. The van der Waals surface area contributed by atoms with Gasteiger partial charge >= 0.3 is 0 Å². The molecular weight excluding hydrogens is 342 g/mol. The van der Waals surface area contributed by atoms with Crippen molar-refractivity contribution in [3.05, 3.63) is 71.3 Å². The van der Waals surface area contributed by atoms with Crippen LogP contribution in [0.15, 0.2) is 48.5 Å². The van der Waals surface area contributed by atoms with Gasteiger partial charge in [0.15, 0.2) is 6.10 Å². The van der Waals surface area contributed by atoms with Crippen molar-refractivity contribution in [3.8, 4) is 0 Å². The molecule has 3 rings (SSSR count). The number of ether oxygens (including phenoxy) is 1. The molecule has 0 radical (unpaired) electrons. The van der Waals surface area contributed by atoms with Gasteiger partial charge in [0, 0.05) is 13.6 Å². The fraction of sp³-hybridized carbons (Fsp3) is 0.263. The molecule has 0 aromatic heterocycles. The number of benzene rings is 2. The van der Waals surface area contributed by atoms with E-state index >= 15 is 0 Å². The SMILES string of the molecule is CN1C(=O)COC(C(=O)NCc2cccc(F)c2)C1c1cccc(F)c1. The number of hydrogen-bond acceptors (Lipinski definition) is 3. The van der Waals surface area contributed by atoms with E-state index < -0.39 is 29.7 Å². The number of carbonyl (C=O) groups is 2. The van der Waals surface area contributed by atoms with Crippen LogP contribution in [0.5, 0.6) is 0 Å². The van der Waals surface area contributed by atoms with E-state index in [0.29, 0.717) is 11.1 Å². The van der Waals surface area contributed by atoms with Crippen molar-refractivity contribution in [3.63, 3.8) is 0 Å². The average molecular weight is 360 g/mol. The Balaban J connectivity index is 1.79. The standard InChI is InChI=1S/C19H18F2N2O3/c1-23-16(24)11-26-18(17(23)13-5-3-7-15(21)9-13)19(25)22-10-12-4-2-6-14(20)8-12/h2-9,17-18H,10-11H2,1H3,(H,22,25). The molecule has 2 atom stereocenters. The molecule has 5 nitrogen and oxygen atoms in total. The fourth-order valence-corrected chi connectivity index (χ4v) is 2.96.